The largest absolute Gasteiger partial charge is 0.338 e. The fourth-order valence-electron chi connectivity index (χ4n) is 3.49. The van der Waals surface area contributed by atoms with E-state index in [0.29, 0.717) is 6.54 Å². The molecule has 1 aliphatic rings. The zero-order chi connectivity index (χ0) is 16.8. The molecule has 1 amide bonds. The van der Waals surface area contributed by atoms with Crippen LogP contribution in [0.4, 0.5) is 0 Å². The van der Waals surface area contributed by atoms with Gasteiger partial charge in [0.2, 0.25) is 5.91 Å². The molecule has 2 aromatic carbocycles. The summed E-state index contributed by atoms with van der Waals surface area (Å²) in [4.78, 5) is 26.1. The Morgan fingerprint density at radius 2 is 1.79 bits per heavy atom. The van der Waals surface area contributed by atoms with Gasteiger partial charge in [-0.25, -0.2) is 4.79 Å². The van der Waals surface area contributed by atoms with Gasteiger partial charge >= 0.3 is 5.69 Å². The number of nitrogens with zero attached hydrogens (tertiary/aromatic N) is 3. The number of hydrogen-bond acceptors (Lipinski definition) is 2. The molecule has 0 aliphatic carbocycles. The van der Waals surface area contributed by atoms with Crippen LogP contribution in [0.3, 0.4) is 0 Å². The summed E-state index contributed by atoms with van der Waals surface area (Å²) in [6.07, 6.45) is 0.822. The third kappa shape index (κ3) is 2.16. The summed E-state index contributed by atoms with van der Waals surface area (Å²) in [5, 5.41) is 0. The van der Waals surface area contributed by atoms with Gasteiger partial charge in [0.05, 0.1) is 16.7 Å². The second-order valence-corrected chi connectivity index (χ2v) is 6.31. The zero-order valence-corrected chi connectivity index (χ0v) is 13.8. The van der Waals surface area contributed by atoms with E-state index in [4.69, 9.17) is 0 Å². The minimum atomic E-state index is -0.0441. The Kier molecular flexibility index (Phi) is 3.30. The van der Waals surface area contributed by atoms with Crippen molar-refractivity contribution in [3.63, 3.8) is 0 Å². The molecule has 0 spiro atoms. The van der Waals surface area contributed by atoms with Crippen molar-refractivity contribution in [1.82, 2.24) is 14.0 Å². The number of fused-ring (bicyclic) bond motifs is 2. The maximum absolute atomic E-state index is 12.7. The lowest BCUT2D eigenvalue weighted by atomic mass is 9.99. The number of aryl methyl sites for hydroxylation is 1. The van der Waals surface area contributed by atoms with E-state index in [2.05, 4.69) is 6.07 Å². The van der Waals surface area contributed by atoms with Crippen molar-refractivity contribution >= 4 is 16.9 Å². The maximum Gasteiger partial charge on any atom is 0.333 e. The van der Waals surface area contributed by atoms with Gasteiger partial charge in [-0.2, -0.15) is 0 Å². The molecule has 24 heavy (non-hydrogen) atoms. The summed E-state index contributed by atoms with van der Waals surface area (Å²) >= 11 is 0. The van der Waals surface area contributed by atoms with Crippen LogP contribution in [0.25, 0.3) is 16.7 Å². The zero-order valence-electron chi connectivity index (χ0n) is 13.8. The lowest BCUT2D eigenvalue weighted by molar-refractivity contribution is -0.129. The van der Waals surface area contributed by atoms with Gasteiger partial charge in [-0.05, 0) is 41.8 Å². The molecule has 5 nitrogen and oxygen atoms in total. The van der Waals surface area contributed by atoms with Gasteiger partial charge in [0.15, 0.2) is 0 Å². The highest BCUT2D eigenvalue weighted by Crippen LogP contribution is 2.24. The minimum absolute atomic E-state index is 0.0441. The molecule has 0 N–H and O–H groups in total. The summed E-state index contributed by atoms with van der Waals surface area (Å²) in [7, 11) is 1.80. The molecule has 5 heteroatoms. The van der Waals surface area contributed by atoms with E-state index in [0.717, 1.165) is 35.2 Å². The van der Waals surface area contributed by atoms with Crippen LogP contribution in [-0.2, 0) is 24.8 Å². The molecule has 0 radical (unpaired) electrons. The SMILES string of the molecule is CC(=O)N1CCc2cc(-n3c(=O)n(C)c4ccccc43)ccc2C1. The molecule has 4 rings (SSSR count). The lowest BCUT2D eigenvalue weighted by Gasteiger charge is -2.28. The number of carbonyl (C=O) groups excluding carboxylic acids is 1. The standard InChI is InChI=1S/C19H19N3O2/c1-13(23)21-10-9-14-11-16(8-7-15(14)12-21)22-18-6-4-3-5-17(18)20(2)19(22)24/h3-8,11H,9-10,12H2,1-2H3. The van der Waals surface area contributed by atoms with Crippen LogP contribution < -0.4 is 5.69 Å². The molecule has 0 fully saturated rings. The van der Waals surface area contributed by atoms with Crippen molar-refractivity contribution in [2.24, 2.45) is 7.05 Å². The van der Waals surface area contributed by atoms with Crippen molar-refractivity contribution in [3.05, 3.63) is 64.1 Å². The number of amides is 1. The number of para-hydroxylation sites is 2. The van der Waals surface area contributed by atoms with Crippen LogP contribution in [0.2, 0.25) is 0 Å². The van der Waals surface area contributed by atoms with Crippen LogP contribution in [0.15, 0.2) is 47.3 Å². The van der Waals surface area contributed by atoms with Crippen molar-refractivity contribution < 1.29 is 4.79 Å². The topological polar surface area (TPSA) is 47.2 Å². The van der Waals surface area contributed by atoms with E-state index in [1.165, 1.54) is 5.56 Å². The number of imidazole rings is 1. The summed E-state index contributed by atoms with van der Waals surface area (Å²) in [5.41, 5.74) is 5.04. The number of benzene rings is 2. The average Bonchev–Trinajstić information content (AvgIpc) is 2.85. The van der Waals surface area contributed by atoms with Crippen molar-refractivity contribution in [2.45, 2.75) is 19.9 Å². The maximum atomic E-state index is 12.7. The van der Waals surface area contributed by atoms with Gasteiger partial charge < -0.3 is 4.90 Å². The fraction of sp³-hybridized carbons (Fsp3) is 0.263. The highest BCUT2D eigenvalue weighted by molar-refractivity contribution is 5.78. The summed E-state index contributed by atoms with van der Waals surface area (Å²) < 4.78 is 3.43. The van der Waals surface area contributed by atoms with E-state index < -0.39 is 0 Å². The average molecular weight is 321 g/mol. The third-order valence-electron chi connectivity index (χ3n) is 4.87. The van der Waals surface area contributed by atoms with Crippen LogP contribution in [0.1, 0.15) is 18.1 Å². The van der Waals surface area contributed by atoms with E-state index in [1.54, 1.807) is 23.1 Å². The predicted octanol–water partition coefficient (Wildman–Crippen LogP) is 2.23. The van der Waals surface area contributed by atoms with Gasteiger partial charge in [0.1, 0.15) is 0 Å². The van der Waals surface area contributed by atoms with Gasteiger partial charge in [-0.15, -0.1) is 0 Å². The van der Waals surface area contributed by atoms with Crippen LogP contribution in [0.5, 0.6) is 0 Å². The van der Waals surface area contributed by atoms with E-state index in [1.807, 2.05) is 41.3 Å². The van der Waals surface area contributed by atoms with Gasteiger partial charge in [0.25, 0.3) is 0 Å². The summed E-state index contributed by atoms with van der Waals surface area (Å²) in [6.45, 7) is 2.99. The Hall–Kier alpha value is -2.82. The lowest BCUT2D eigenvalue weighted by Crippen LogP contribution is -2.34. The smallest absolute Gasteiger partial charge is 0.333 e. The molecule has 0 saturated heterocycles. The molecule has 0 atom stereocenters. The number of carbonyl (C=O) groups is 1. The van der Waals surface area contributed by atoms with Gasteiger partial charge in [-0.3, -0.25) is 13.9 Å². The fourth-order valence-corrected chi connectivity index (χ4v) is 3.49. The Labute approximate surface area is 139 Å². The Balaban J connectivity index is 1.84. The van der Waals surface area contributed by atoms with Crippen molar-refractivity contribution in [2.75, 3.05) is 6.54 Å². The second kappa shape index (κ2) is 5.37. The van der Waals surface area contributed by atoms with E-state index in [-0.39, 0.29) is 11.6 Å². The van der Waals surface area contributed by atoms with Crippen molar-refractivity contribution in [1.29, 1.82) is 0 Å². The molecule has 3 aromatic rings. The quantitative estimate of drug-likeness (QED) is 0.690. The van der Waals surface area contributed by atoms with Crippen molar-refractivity contribution in [3.8, 4) is 5.69 Å². The van der Waals surface area contributed by atoms with Gasteiger partial charge in [0, 0.05) is 27.1 Å². The number of hydrogen-bond donors (Lipinski definition) is 0. The predicted molar refractivity (Wildman–Crippen MR) is 93.3 cm³/mol. The van der Waals surface area contributed by atoms with Gasteiger partial charge in [-0.1, -0.05) is 18.2 Å². The molecule has 122 valence electrons. The van der Waals surface area contributed by atoms with E-state index >= 15 is 0 Å². The normalized spacial score (nSPS) is 14.0. The monoisotopic (exact) mass is 321 g/mol. The Morgan fingerprint density at radius 3 is 2.54 bits per heavy atom. The van der Waals surface area contributed by atoms with Crippen LogP contribution in [0, 0.1) is 0 Å². The molecule has 0 unspecified atom stereocenters. The Morgan fingerprint density at radius 1 is 1.04 bits per heavy atom. The third-order valence-corrected chi connectivity index (χ3v) is 4.87. The highest BCUT2D eigenvalue weighted by Gasteiger charge is 2.19. The Bertz CT molecular complexity index is 1010. The number of rotatable bonds is 1. The molecular formula is C19H19N3O2. The first-order chi connectivity index (χ1) is 11.6. The first kappa shape index (κ1) is 14.8. The van der Waals surface area contributed by atoms with Crippen LogP contribution in [-0.4, -0.2) is 26.5 Å². The highest BCUT2D eigenvalue weighted by atomic mass is 16.2. The van der Waals surface area contributed by atoms with Crippen LogP contribution >= 0.6 is 0 Å². The minimum Gasteiger partial charge on any atom is -0.338 e. The molecule has 1 aromatic heterocycles. The van der Waals surface area contributed by atoms with E-state index in [9.17, 15) is 9.59 Å². The first-order valence-electron chi connectivity index (χ1n) is 8.10. The molecule has 0 saturated carbocycles. The number of aromatic nitrogens is 2. The molecule has 2 heterocycles. The molecule has 1 aliphatic heterocycles. The summed E-state index contributed by atoms with van der Waals surface area (Å²) in [5.74, 6) is 0.106. The molecular weight excluding hydrogens is 302 g/mol. The second-order valence-electron chi connectivity index (χ2n) is 6.31. The first-order valence-corrected chi connectivity index (χ1v) is 8.10. The summed E-state index contributed by atoms with van der Waals surface area (Å²) in [6, 6.07) is 13.9. The molecule has 0 bridgehead atoms.